The molecule has 0 heterocycles. The lowest BCUT2D eigenvalue weighted by molar-refractivity contribution is -0.384. The average molecular weight is 318 g/mol. The molecule has 23 heavy (non-hydrogen) atoms. The van der Waals surface area contributed by atoms with E-state index in [1.165, 1.54) is 30.4 Å². The molecule has 0 fully saturated rings. The van der Waals surface area contributed by atoms with E-state index in [-0.39, 0.29) is 17.2 Å². The molecule has 0 bridgehead atoms. The van der Waals surface area contributed by atoms with Crippen LogP contribution in [-0.2, 0) is 9.59 Å². The zero-order valence-corrected chi connectivity index (χ0v) is 12.5. The lowest BCUT2D eigenvalue weighted by atomic mass is 10.0. The molecular weight excluding hydrogens is 300 g/mol. The van der Waals surface area contributed by atoms with Gasteiger partial charge in [-0.15, -0.1) is 0 Å². The highest BCUT2D eigenvalue weighted by Crippen LogP contribution is 2.18. The van der Waals surface area contributed by atoms with Crippen LogP contribution < -0.4 is 5.32 Å². The van der Waals surface area contributed by atoms with Crippen LogP contribution in [0.2, 0.25) is 0 Å². The molecule has 1 rings (SSSR count). The van der Waals surface area contributed by atoms with E-state index >= 15 is 0 Å². The molecule has 0 spiro atoms. The van der Waals surface area contributed by atoms with Gasteiger partial charge in [0, 0.05) is 24.3 Å². The van der Waals surface area contributed by atoms with Crippen LogP contribution >= 0.6 is 0 Å². The zero-order chi connectivity index (χ0) is 17.2. The molecular formula is C16H18N2O5. The number of rotatable bonds is 9. The van der Waals surface area contributed by atoms with E-state index in [9.17, 15) is 24.8 Å². The minimum absolute atomic E-state index is 0.0874. The lowest BCUT2D eigenvalue weighted by Gasteiger charge is -2.04. The minimum atomic E-state index is -1.06. The first-order valence-electron chi connectivity index (χ1n) is 7.02. The van der Waals surface area contributed by atoms with Gasteiger partial charge in [0.25, 0.3) is 5.69 Å². The highest BCUT2D eigenvalue weighted by molar-refractivity contribution is 5.92. The molecule has 122 valence electrons. The second-order valence-corrected chi connectivity index (χ2v) is 4.78. The fraction of sp³-hybridized carbons (Fsp3) is 0.250. The van der Waals surface area contributed by atoms with Crippen molar-refractivity contribution < 1.29 is 19.6 Å². The molecule has 0 saturated carbocycles. The molecule has 0 radical (unpaired) electrons. The number of carboxylic acids is 1. The Balaban J connectivity index is 2.65. The van der Waals surface area contributed by atoms with Crippen molar-refractivity contribution in [2.75, 3.05) is 6.54 Å². The topological polar surface area (TPSA) is 110 Å². The molecule has 0 aliphatic heterocycles. The average Bonchev–Trinajstić information content (AvgIpc) is 2.53. The van der Waals surface area contributed by atoms with Crippen molar-refractivity contribution in [1.82, 2.24) is 5.32 Å². The molecule has 0 unspecified atom stereocenters. The van der Waals surface area contributed by atoms with E-state index in [1.54, 1.807) is 6.07 Å². The van der Waals surface area contributed by atoms with Gasteiger partial charge in [-0.2, -0.15) is 0 Å². The van der Waals surface area contributed by atoms with Crippen LogP contribution in [0, 0.1) is 10.1 Å². The fourth-order valence-electron chi connectivity index (χ4n) is 1.89. The van der Waals surface area contributed by atoms with Gasteiger partial charge in [-0.3, -0.25) is 14.9 Å². The molecule has 0 aliphatic rings. The summed E-state index contributed by atoms with van der Waals surface area (Å²) in [5.74, 6) is -1.33. The smallest absolute Gasteiger partial charge is 0.331 e. The van der Waals surface area contributed by atoms with Crippen LogP contribution in [0.1, 0.15) is 24.8 Å². The van der Waals surface area contributed by atoms with Gasteiger partial charge < -0.3 is 10.4 Å². The number of non-ortho nitro benzene ring substituents is 1. The van der Waals surface area contributed by atoms with Gasteiger partial charge in [0.05, 0.1) is 4.92 Å². The zero-order valence-electron chi connectivity index (χ0n) is 12.5. The van der Waals surface area contributed by atoms with Crippen molar-refractivity contribution in [1.29, 1.82) is 0 Å². The summed E-state index contributed by atoms with van der Waals surface area (Å²) in [4.78, 5) is 32.4. The van der Waals surface area contributed by atoms with E-state index in [1.807, 2.05) is 0 Å². The highest BCUT2D eigenvalue weighted by Gasteiger charge is 2.09. The van der Waals surface area contributed by atoms with Crippen molar-refractivity contribution in [2.24, 2.45) is 0 Å². The number of nitrogens with one attached hydrogen (secondary N) is 1. The van der Waals surface area contributed by atoms with E-state index in [2.05, 4.69) is 11.9 Å². The predicted octanol–water partition coefficient (Wildman–Crippen LogP) is 2.54. The molecule has 1 amide bonds. The number of unbranched alkanes of at least 4 members (excludes halogenated alkanes) is 1. The molecule has 0 atom stereocenters. The molecule has 7 heteroatoms. The Morgan fingerprint density at radius 1 is 1.35 bits per heavy atom. The largest absolute Gasteiger partial charge is 0.478 e. The number of hydrogen-bond acceptors (Lipinski definition) is 4. The standard InChI is InChI=1S/C16H18N2O5/c1-2-15(19)17-9-4-3-7-13(16(20)21)10-12-6-5-8-14(11-12)18(22)23/h2,5-6,8,10-11H,1,3-4,7,9H2,(H,17,19)(H,20,21)/b13-10+. The second kappa shape index (κ2) is 9.14. The van der Waals surface area contributed by atoms with Gasteiger partial charge in [0.2, 0.25) is 5.91 Å². The summed E-state index contributed by atoms with van der Waals surface area (Å²) in [5.41, 5.74) is 0.549. The van der Waals surface area contributed by atoms with Crippen molar-refractivity contribution in [3.63, 3.8) is 0 Å². The molecule has 0 saturated heterocycles. The van der Waals surface area contributed by atoms with Crippen LogP contribution in [0.3, 0.4) is 0 Å². The summed E-state index contributed by atoms with van der Waals surface area (Å²) < 4.78 is 0. The van der Waals surface area contributed by atoms with E-state index in [0.29, 0.717) is 31.4 Å². The van der Waals surface area contributed by atoms with Crippen molar-refractivity contribution in [3.8, 4) is 0 Å². The van der Waals surface area contributed by atoms with Crippen LogP contribution in [0.5, 0.6) is 0 Å². The van der Waals surface area contributed by atoms with Gasteiger partial charge in [-0.1, -0.05) is 18.7 Å². The van der Waals surface area contributed by atoms with Gasteiger partial charge in [0.15, 0.2) is 0 Å². The third-order valence-electron chi connectivity index (χ3n) is 3.05. The Bertz CT molecular complexity index is 637. The Kier molecular flexibility index (Phi) is 7.19. The first kappa shape index (κ1) is 18.1. The summed E-state index contributed by atoms with van der Waals surface area (Å²) >= 11 is 0. The molecule has 0 aliphatic carbocycles. The summed E-state index contributed by atoms with van der Waals surface area (Å²) in [6.07, 6.45) is 4.11. The summed E-state index contributed by atoms with van der Waals surface area (Å²) in [6, 6.07) is 5.79. The van der Waals surface area contributed by atoms with Gasteiger partial charge in [0.1, 0.15) is 0 Å². The van der Waals surface area contributed by atoms with E-state index in [0.717, 1.165) is 0 Å². The number of aliphatic carboxylic acids is 1. The van der Waals surface area contributed by atoms with Crippen LogP contribution in [0.4, 0.5) is 5.69 Å². The van der Waals surface area contributed by atoms with Gasteiger partial charge in [-0.25, -0.2) is 4.79 Å². The number of benzene rings is 1. The van der Waals surface area contributed by atoms with Crippen LogP contribution in [0.25, 0.3) is 6.08 Å². The maximum absolute atomic E-state index is 11.3. The molecule has 2 N–H and O–H groups in total. The molecule has 7 nitrogen and oxygen atoms in total. The van der Waals surface area contributed by atoms with Crippen molar-refractivity contribution >= 4 is 23.6 Å². The normalized spacial score (nSPS) is 10.9. The molecule has 0 aromatic heterocycles. The van der Waals surface area contributed by atoms with Crippen LogP contribution in [0.15, 0.2) is 42.5 Å². The number of carbonyl (C=O) groups is 2. The first-order chi connectivity index (χ1) is 10.9. The Hall–Kier alpha value is -2.96. The first-order valence-corrected chi connectivity index (χ1v) is 7.02. The molecule has 1 aromatic rings. The lowest BCUT2D eigenvalue weighted by Crippen LogP contribution is -2.21. The van der Waals surface area contributed by atoms with Gasteiger partial charge in [-0.05, 0) is 37.0 Å². The molecule has 1 aromatic carbocycles. The number of carbonyl (C=O) groups excluding carboxylic acids is 1. The van der Waals surface area contributed by atoms with Crippen LogP contribution in [-0.4, -0.2) is 28.5 Å². The third-order valence-corrected chi connectivity index (χ3v) is 3.05. The van der Waals surface area contributed by atoms with Crippen molar-refractivity contribution in [2.45, 2.75) is 19.3 Å². The summed E-state index contributed by atoms with van der Waals surface area (Å²) in [5, 5.41) is 22.5. The minimum Gasteiger partial charge on any atom is -0.478 e. The number of nitrogens with zero attached hydrogens (tertiary/aromatic N) is 1. The monoisotopic (exact) mass is 318 g/mol. The van der Waals surface area contributed by atoms with Crippen molar-refractivity contribution in [3.05, 3.63) is 58.2 Å². The van der Waals surface area contributed by atoms with Gasteiger partial charge >= 0.3 is 5.97 Å². The number of nitro groups is 1. The third kappa shape index (κ3) is 6.56. The Labute approximate surface area is 133 Å². The maximum Gasteiger partial charge on any atom is 0.331 e. The predicted molar refractivity (Wildman–Crippen MR) is 85.8 cm³/mol. The number of amides is 1. The Morgan fingerprint density at radius 2 is 2.09 bits per heavy atom. The fourth-order valence-corrected chi connectivity index (χ4v) is 1.89. The van der Waals surface area contributed by atoms with E-state index in [4.69, 9.17) is 0 Å². The number of carboxylic acid groups (broad SMARTS) is 1. The highest BCUT2D eigenvalue weighted by atomic mass is 16.6. The van der Waals surface area contributed by atoms with E-state index < -0.39 is 10.9 Å². The SMILES string of the molecule is C=CC(=O)NCCCC/C(=C\c1cccc([N+](=O)[O-])c1)C(=O)O. The maximum atomic E-state index is 11.3. The number of nitro benzene ring substituents is 1. The quantitative estimate of drug-likeness (QED) is 0.315. The summed E-state index contributed by atoms with van der Waals surface area (Å²) in [7, 11) is 0. The second-order valence-electron chi connectivity index (χ2n) is 4.78. The number of hydrogen-bond donors (Lipinski definition) is 2. The Morgan fingerprint density at radius 3 is 2.70 bits per heavy atom. The summed E-state index contributed by atoms with van der Waals surface area (Å²) in [6.45, 7) is 3.77.